The zero-order chi connectivity index (χ0) is 13.1. The summed E-state index contributed by atoms with van der Waals surface area (Å²) >= 11 is 5.99. The SMILES string of the molecule is CCCc1cc(Cl)nc(-c2ccc(F)cc2C)n1. The quantitative estimate of drug-likeness (QED) is 0.777. The first-order valence-corrected chi connectivity index (χ1v) is 6.28. The van der Waals surface area contributed by atoms with Crippen molar-refractivity contribution in [2.75, 3.05) is 0 Å². The van der Waals surface area contributed by atoms with Gasteiger partial charge in [-0.3, -0.25) is 0 Å². The first-order valence-electron chi connectivity index (χ1n) is 5.90. The van der Waals surface area contributed by atoms with E-state index in [1.54, 1.807) is 12.1 Å². The summed E-state index contributed by atoms with van der Waals surface area (Å²) in [7, 11) is 0. The van der Waals surface area contributed by atoms with E-state index in [1.807, 2.05) is 6.92 Å². The number of hydrogen-bond donors (Lipinski definition) is 0. The van der Waals surface area contributed by atoms with Crippen molar-refractivity contribution in [1.82, 2.24) is 9.97 Å². The molecule has 94 valence electrons. The van der Waals surface area contributed by atoms with Crippen LogP contribution in [0.25, 0.3) is 11.4 Å². The van der Waals surface area contributed by atoms with Gasteiger partial charge in [-0.1, -0.05) is 24.9 Å². The molecule has 2 nitrogen and oxygen atoms in total. The van der Waals surface area contributed by atoms with Crippen LogP contribution in [-0.2, 0) is 6.42 Å². The maximum absolute atomic E-state index is 13.1. The van der Waals surface area contributed by atoms with Gasteiger partial charge in [-0.25, -0.2) is 14.4 Å². The third-order valence-electron chi connectivity index (χ3n) is 2.68. The molecule has 0 aliphatic heterocycles. The second-order valence-corrected chi connectivity index (χ2v) is 4.60. The van der Waals surface area contributed by atoms with E-state index in [0.717, 1.165) is 29.7 Å². The number of rotatable bonds is 3. The Kier molecular flexibility index (Phi) is 3.92. The summed E-state index contributed by atoms with van der Waals surface area (Å²) in [5.74, 6) is 0.301. The Labute approximate surface area is 111 Å². The van der Waals surface area contributed by atoms with E-state index < -0.39 is 0 Å². The lowest BCUT2D eigenvalue weighted by molar-refractivity contribution is 0.627. The Morgan fingerprint density at radius 1 is 1.22 bits per heavy atom. The van der Waals surface area contributed by atoms with E-state index in [2.05, 4.69) is 16.9 Å². The van der Waals surface area contributed by atoms with Crippen molar-refractivity contribution in [3.63, 3.8) is 0 Å². The molecule has 1 aromatic heterocycles. The predicted molar refractivity (Wildman–Crippen MR) is 71.2 cm³/mol. The van der Waals surface area contributed by atoms with Gasteiger partial charge in [0.05, 0.1) is 0 Å². The van der Waals surface area contributed by atoms with Crippen LogP contribution in [-0.4, -0.2) is 9.97 Å². The summed E-state index contributed by atoms with van der Waals surface area (Å²) in [5, 5.41) is 0.423. The molecule has 0 saturated heterocycles. The summed E-state index contributed by atoms with van der Waals surface area (Å²) in [6.45, 7) is 3.92. The van der Waals surface area contributed by atoms with Gasteiger partial charge in [0.1, 0.15) is 11.0 Å². The van der Waals surface area contributed by atoms with Crippen molar-refractivity contribution in [3.8, 4) is 11.4 Å². The van der Waals surface area contributed by atoms with Crippen LogP contribution in [0.4, 0.5) is 4.39 Å². The lowest BCUT2D eigenvalue weighted by Crippen LogP contribution is -1.97. The molecule has 1 heterocycles. The Morgan fingerprint density at radius 3 is 2.67 bits per heavy atom. The first-order chi connectivity index (χ1) is 8.60. The Morgan fingerprint density at radius 2 is 2.00 bits per heavy atom. The van der Waals surface area contributed by atoms with Gasteiger partial charge in [-0.05, 0) is 43.2 Å². The van der Waals surface area contributed by atoms with Crippen molar-refractivity contribution >= 4 is 11.6 Å². The third-order valence-corrected chi connectivity index (χ3v) is 2.88. The van der Waals surface area contributed by atoms with Crippen LogP contribution in [0.2, 0.25) is 5.15 Å². The topological polar surface area (TPSA) is 25.8 Å². The maximum atomic E-state index is 13.1. The molecule has 4 heteroatoms. The molecule has 0 bridgehead atoms. The molecular formula is C14H14ClFN2. The average Bonchev–Trinajstić information content (AvgIpc) is 2.28. The minimum atomic E-state index is -0.257. The number of aryl methyl sites for hydroxylation is 2. The number of nitrogens with zero attached hydrogens (tertiary/aromatic N) is 2. The Hall–Kier alpha value is -1.48. The van der Waals surface area contributed by atoms with Crippen molar-refractivity contribution < 1.29 is 4.39 Å². The summed E-state index contributed by atoms with van der Waals surface area (Å²) in [6.07, 6.45) is 1.85. The minimum absolute atomic E-state index is 0.257. The van der Waals surface area contributed by atoms with Gasteiger partial charge in [0, 0.05) is 11.3 Å². The zero-order valence-corrected chi connectivity index (χ0v) is 11.1. The average molecular weight is 265 g/mol. The predicted octanol–water partition coefficient (Wildman–Crippen LogP) is 4.20. The molecule has 2 rings (SSSR count). The first kappa shape index (κ1) is 13.0. The number of halogens is 2. The standard InChI is InChI=1S/C14H14ClFN2/c1-3-4-11-8-13(15)18-14(17-11)12-6-5-10(16)7-9(12)2/h5-8H,3-4H2,1-2H3. The van der Waals surface area contributed by atoms with Crippen LogP contribution in [0.15, 0.2) is 24.3 Å². The van der Waals surface area contributed by atoms with Gasteiger partial charge < -0.3 is 0 Å². The molecule has 0 radical (unpaired) electrons. The Bertz CT molecular complexity index is 570. The smallest absolute Gasteiger partial charge is 0.161 e. The van der Waals surface area contributed by atoms with Crippen LogP contribution >= 0.6 is 11.6 Å². The molecule has 0 aliphatic carbocycles. The van der Waals surface area contributed by atoms with Crippen molar-refractivity contribution in [2.24, 2.45) is 0 Å². The molecule has 0 aliphatic rings. The summed E-state index contributed by atoms with van der Waals surface area (Å²) in [4.78, 5) is 8.67. The monoisotopic (exact) mass is 264 g/mol. The fourth-order valence-corrected chi connectivity index (χ4v) is 2.05. The summed E-state index contributed by atoms with van der Waals surface area (Å²) < 4.78 is 13.1. The summed E-state index contributed by atoms with van der Waals surface area (Å²) in [5.41, 5.74) is 2.53. The van der Waals surface area contributed by atoms with E-state index in [1.165, 1.54) is 12.1 Å². The van der Waals surface area contributed by atoms with Gasteiger partial charge in [0.25, 0.3) is 0 Å². The molecule has 0 spiro atoms. The molecular weight excluding hydrogens is 251 g/mol. The Balaban J connectivity index is 2.49. The van der Waals surface area contributed by atoms with Crippen LogP contribution in [0.5, 0.6) is 0 Å². The largest absolute Gasteiger partial charge is 0.233 e. The lowest BCUT2D eigenvalue weighted by atomic mass is 10.1. The van der Waals surface area contributed by atoms with Crippen LogP contribution in [0.3, 0.4) is 0 Å². The molecule has 2 aromatic rings. The molecule has 1 aromatic carbocycles. The fraction of sp³-hybridized carbons (Fsp3) is 0.286. The maximum Gasteiger partial charge on any atom is 0.161 e. The highest BCUT2D eigenvalue weighted by atomic mass is 35.5. The number of aromatic nitrogens is 2. The van der Waals surface area contributed by atoms with Crippen molar-refractivity contribution in [1.29, 1.82) is 0 Å². The highest BCUT2D eigenvalue weighted by molar-refractivity contribution is 6.29. The molecule has 0 N–H and O–H groups in total. The van der Waals surface area contributed by atoms with Gasteiger partial charge in [-0.15, -0.1) is 0 Å². The lowest BCUT2D eigenvalue weighted by Gasteiger charge is -2.07. The van der Waals surface area contributed by atoms with E-state index in [0.29, 0.717) is 11.0 Å². The molecule has 0 atom stereocenters. The van der Waals surface area contributed by atoms with E-state index in [4.69, 9.17) is 11.6 Å². The second-order valence-electron chi connectivity index (χ2n) is 4.21. The van der Waals surface area contributed by atoms with E-state index >= 15 is 0 Å². The van der Waals surface area contributed by atoms with Crippen LogP contribution in [0.1, 0.15) is 24.6 Å². The van der Waals surface area contributed by atoms with Gasteiger partial charge in [0.2, 0.25) is 0 Å². The molecule has 0 unspecified atom stereocenters. The normalized spacial score (nSPS) is 10.7. The number of hydrogen-bond acceptors (Lipinski definition) is 2. The van der Waals surface area contributed by atoms with Crippen molar-refractivity contribution in [3.05, 3.63) is 46.5 Å². The highest BCUT2D eigenvalue weighted by Crippen LogP contribution is 2.22. The summed E-state index contributed by atoms with van der Waals surface area (Å²) in [6, 6.07) is 6.34. The third kappa shape index (κ3) is 2.85. The van der Waals surface area contributed by atoms with Gasteiger partial charge in [0.15, 0.2) is 5.82 Å². The number of benzene rings is 1. The van der Waals surface area contributed by atoms with E-state index in [-0.39, 0.29) is 5.82 Å². The van der Waals surface area contributed by atoms with Crippen molar-refractivity contribution in [2.45, 2.75) is 26.7 Å². The molecule has 0 fully saturated rings. The molecule has 0 saturated carbocycles. The van der Waals surface area contributed by atoms with E-state index in [9.17, 15) is 4.39 Å². The van der Waals surface area contributed by atoms with Crippen LogP contribution < -0.4 is 0 Å². The highest BCUT2D eigenvalue weighted by Gasteiger charge is 2.09. The minimum Gasteiger partial charge on any atom is -0.233 e. The molecule has 0 amide bonds. The van der Waals surface area contributed by atoms with Gasteiger partial charge >= 0.3 is 0 Å². The zero-order valence-electron chi connectivity index (χ0n) is 10.4. The van der Waals surface area contributed by atoms with Crippen LogP contribution in [0, 0.1) is 12.7 Å². The fourth-order valence-electron chi connectivity index (χ4n) is 1.85. The second kappa shape index (κ2) is 5.44. The molecule has 18 heavy (non-hydrogen) atoms. The van der Waals surface area contributed by atoms with Gasteiger partial charge in [-0.2, -0.15) is 0 Å².